The summed E-state index contributed by atoms with van der Waals surface area (Å²) in [7, 11) is -29.4. The molecule has 0 aromatic heterocycles. The molecule has 0 saturated carbocycles. The van der Waals surface area contributed by atoms with E-state index in [0.717, 1.165) is 0 Å². The Hall–Kier alpha value is 1.26. The van der Waals surface area contributed by atoms with Crippen LogP contribution in [0.5, 0.6) is 0 Å². The molecule has 0 aliphatic carbocycles. The fraction of sp³-hybridized carbons (Fsp3) is 1.00. The molecule has 6 fully saturated rings. The van der Waals surface area contributed by atoms with E-state index in [1.807, 2.05) is 0 Å². The van der Waals surface area contributed by atoms with Gasteiger partial charge in [-0.25, -0.2) is 0 Å². The Kier molecular flexibility index (Phi) is 12.2. The molecule has 6 heterocycles. The van der Waals surface area contributed by atoms with Crippen molar-refractivity contribution < 1.29 is 49.4 Å². The summed E-state index contributed by atoms with van der Waals surface area (Å²) in [4.78, 5) is 0. The van der Waals surface area contributed by atoms with Gasteiger partial charge in [0.05, 0.1) is 0 Å². The quantitative estimate of drug-likeness (QED) is 0.166. The minimum atomic E-state index is -3.81. The van der Waals surface area contributed by atoms with Crippen molar-refractivity contribution in [3.8, 4) is 0 Å². The highest BCUT2D eigenvalue weighted by molar-refractivity contribution is 7.01. The van der Waals surface area contributed by atoms with E-state index >= 15 is 0 Å². The lowest BCUT2D eigenvalue weighted by atomic mass is 10.3. The minimum absolute atomic E-state index is 0.159. The van der Waals surface area contributed by atoms with Gasteiger partial charge in [-0.15, -0.1) is 0 Å². The molecule has 48 heavy (non-hydrogen) atoms. The standard InChI is InChI=1S/C28H64O12Si8/c1-22(2)15-42-29-41-30-43(16-23(3)4)34-45(32-42,18-25(7)8)38-48(21-28(13)14)39-46(33-42,19-26(9)10)35-44(31-41,17-24(5)6)37-47(36-43,40-48)20-27(11)12/h22-28,41H,15-21H2,1-14H3. The Labute approximate surface area is 300 Å². The monoisotopic (exact) mass is 816 g/mol. The van der Waals surface area contributed by atoms with Gasteiger partial charge in [0.15, 0.2) is 0 Å². The van der Waals surface area contributed by atoms with E-state index < -0.39 is 71.2 Å². The van der Waals surface area contributed by atoms with Gasteiger partial charge < -0.3 is 49.4 Å². The molecule has 280 valence electrons. The molecule has 0 aromatic rings. The van der Waals surface area contributed by atoms with Crippen molar-refractivity contribution >= 4 is 71.2 Å². The highest BCUT2D eigenvalue weighted by Crippen LogP contribution is 2.53. The third-order valence-corrected chi connectivity index (χ3v) is 46.5. The van der Waals surface area contributed by atoms with Crippen LogP contribution in [0.1, 0.15) is 96.9 Å². The molecule has 0 spiro atoms. The van der Waals surface area contributed by atoms with Crippen LogP contribution in [0.15, 0.2) is 0 Å². The lowest BCUT2D eigenvalue weighted by molar-refractivity contribution is -0.0264. The smallest absolute Gasteiger partial charge is 0.376 e. The summed E-state index contributed by atoms with van der Waals surface area (Å²) in [5.74, 6) is 1.16. The Morgan fingerprint density at radius 2 is 0.417 bits per heavy atom. The van der Waals surface area contributed by atoms with Crippen LogP contribution in [0.2, 0.25) is 42.3 Å². The summed E-state index contributed by atoms with van der Waals surface area (Å²) in [5, 5.41) is 0. The average molecular weight is 817 g/mol. The van der Waals surface area contributed by atoms with Gasteiger partial charge in [0, 0.05) is 42.3 Å². The third kappa shape index (κ3) is 9.13. The van der Waals surface area contributed by atoms with Gasteiger partial charge in [0.2, 0.25) is 0 Å². The SMILES string of the molecule is CC(C)C[Si]12O[SiH]3O[Si]4(CC(C)C)O[Si](CC(C)C)(O1)O[Si]1(CC(C)C)O[Si](CC(C)C)(O2)O[Si](CC(C)C)(O3)O[Si](CC(C)C)(O4)O1. The molecule has 0 unspecified atom stereocenters. The molecule has 0 aromatic carbocycles. The Bertz CT molecular complexity index is 984. The number of hydrogen-bond donors (Lipinski definition) is 0. The van der Waals surface area contributed by atoms with Crippen molar-refractivity contribution in [2.45, 2.75) is 139 Å². The van der Waals surface area contributed by atoms with Gasteiger partial charge in [-0.3, -0.25) is 0 Å². The zero-order valence-electron chi connectivity index (χ0n) is 32.0. The lowest BCUT2D eigenvalue weighted by Gasteiger charge is -2.62. The van der Waals surface area contributed by atoms with Crippen LogP contribution < -0.4 is 0 Å². The first-order chi connectivity index (χ1) is 22.1. The second kappa shape index (κ2) is 14.5. The van der Waals surface area contributed by atoms with Crippen molar-refractivity contribution in [2.75, 3.05) is 0 Å². The molecule has 6 rings (SSSR count). The predicted molar refractivity (Wildman–Crippen MR) is 198 cm³/mol. The summed E-state index contributed by atoms with van der Waals surface area (Å²) in [6.45, 7) is 30.2. The predicted octanol–water partition coefficient (Wildman–Crippen LogP) is 7.14. The summed E-state index contributed by atoms with van der Waals surface area (Å²) in [6.07, 6.45) is 0. The summed E-state index contributed by atoms with van der Waals surface area (Å²) < 4.78 is 89.9. The fourth-order valence-electron chi connectivity index (χ4n) is 7.50. The maximum atomic E-state index is 7.63. The summed E-state index contributed by atoms with van der Waals surface area (Å²) in [6, 6.07) is 3.63. The summed E-state index contributed by atoms with van der Waals surface area (Å²) >= 11 is 0. The molecule has 0 radical (unpaired) electrons. The van der Waals surface area contributed by atoms with Crippen molar-refractivity contribution in [1.82, 2.24) is 0 Å². The first-order valence-corrected chi connectivity index (χ1v) is 33.3. The zero-order chi connectivity index (χ0) is 35.6. The van der Waals surface area contributed by atoms with E-state index in [4.69, 9.17) is 49.4 Å². The van der Waals surface area contributed by atoms with Crippen LogP contribution in [-0.4, -0.2) is 71.2 Å². The van der Waals surface area contributed by atoms with Gasteiger partial charge in [0.25, 0.3) is 0 Å². The molecular formula is C28H64O12Si8. The Morgan fingerprint density at radius 3 is 0.583 bits per heavy atom. The molecule has 8 bridgehead atoms. The second-order valence-corrected chi connectivity index (χ2v) is 40.7. The van der Waals surface area contributed by atoms with Crippen LogP contribution in [0.25, 0.3) is 0 Å². The van der Waals surface area contributed by atoms with E-state index in [9.17, 15) is 0 Å². The fourth-order valence-corrected chi connectivity index (χ4v) is 56.0. The van der Waals surface area contributed by atoms with E-state index in [2.05, 4.69) is 96.9 Å². The van der Waals surface area contributed by atoms with Crippen LogP contribution in [0, 0.1) is 41.4 Å². The van der Waals surface area contributed by atoms with E-state index in [1.165, 1.54) is 0 Å². The van der Waals surface area contributed by atoms with Gasteiger partial charge in [-0.2, -0.15) is 0 Å². The molecule has 6 aliphatic rings. The minimum Gasteiger partial charge on any atom is -0.376 e. The van der Waals surface area contributed by atoms with Crippen LogP contribution in [0.4, 0.5) is 0 Å². The normalized spacial score (nSPS) is 42.8. The molecule has 0 N–H and O–H groups in total. The second-order valence-electron chi connectivity index (χ2n) is 17.5. The van der Waals surface area contributed by atoms with E-state index in [1.54, 1.807) is 0 Å². The van der Waals surface area contributed by atoms with Crippen molar-refractivity contribution in [3.05, 3.63) is 0 Å². The molecule has 6 aliphatic heterocycles. The Morgan fingerprint density at radius 1 is 0.271 bits per heavy atom. The van der Waals surface area contributed by atoms with E-state index in [-0.39, 0.29) is 41.4 Å². The molecule has 6 saturated heterocycles. The topological polar surface area (TPSA) is 111 Å². The van der Waals surface area contributed by atoms with Crippen LogP contribution >= 0.6 is 0 Å². The number of rotatable bonds is 14. The first-order valence-electron chi connectivity index (χ1n) is 18.4. The van der Waals surface area contributed by atoms with Crippen LogP contribution in [-0.2, 0) is 49.4 Å². The molecular weight excluding hydrogens is 753 g/mol. The van der Waals surface area contributed by atoms with Crippen molar-refractivity contribution in [2.24, 2.45) is 41.4 Å². The highest BCUT2D eigenvalue weighted by atomic mass is 28.6. The maximum Gasteiger partial charge on any atom is 0.479 e. The zero-order valence-corrected chi connectivity index (χ0v) is 40.1. The van der Waals surface area contributed by atoms with Crippen molar-refractivity contribution in [3.63, 3.8) is 0 Å². The molecule has 12 nitrogen and oxygen atoms in total. The lowest BCUT2D eigenvalue weighted by Crippen LogP contribution is -2.87. The van der Waals surface area contributed by atoms with Gasteiger partial charge in [-0.05, 0) is 41.4 Å². The largest absolute Gasteiger partial charge is 0.479 e. The van der Waals surface area contributed by atoms with Gasteiger partial charge in [-0.1, -0.05) is 96.9 Å². The first kappa shape index (κ1) is 40.4. The number of hydrogen-bond acceptors (Lipinski definition) is 12. The highest BCUT2D eigenvalue weighted by Gasteiger charge is 2.81. The van der Waals surface area contributed by atoms with Gasteiger partial charge >= 0.3 is 71.2 Å². The molecule has 0 amide bonds. The Balaban J connectivity index is 1.89. The van der Waals surface area contributed by atoms with E-state index in [0.29, 0.717) is 42.3 Å². The average Bonchev–Trinajstić information content (AvgIpc) is 2.75. The van der Waals surface area contributed by atoms with Crippen molar-refractivity contribution in [1.29, 1.82) is 0 Å². The van der Waals surface area contributed by atoms with Gasteiger partial charge in [0.1, 0.15) is 0 Å². The third-order valence-electron chi connectivity index (χ3n) is 8.23. The van der Waals surface area contributed by atoms with Crippen LogP contribution in [0.3, 0.4) is 0 Å². The molecule has 0 atom stereocenters. The maximum absolute atomic E-state index is 7.63. The molecule has 20 heteroatoms. The summed E-state index contributed by atoms with van der Waals surface area (Å²) in [5.41, 5.74) is 0.